The summed E-state index contributed by atoms with van der Waals surface area (Å²) in [6.07, 6.45) is 8.84. The summed E-state index contributed by atoms with van der Waals surface area (Å²) in [5.41, 5.74) is 12.7. The summed E-state index contributed by atoms with van der Waals surface area (Å²) in [6, 6.07) is 9.56. The van der Waals surface area contributed by atoms with Gasteiger partial charge >= 0.3 is 0 Å². The van der Waals surface area contributed by atoms with Crippen LogP contribution < -0.4 is 11.5 Å². The van der Waals surface area contributed by atoms with E-state index < -0.39 is 51.5 Å². The maximum Gasteiger partial charge on any atom is 0.294 e. The van der Waals surface area contributed by atoms with Crippen molar-refractivity contribution in [3.05, 3.63) is 106 Å². The highest BCUT2D eigenvalue weighted by Crippen LogP contribution is 2.40. The largest absolute Gasteiger partial charge is 0.310 e. The molecule has 0 spiro atoms. The molecule has 212 valence electrons. The molecule has 0 radical (unpaired) electrons. The molecule has 0 aromatic heterocycles. The van der Waals surface area contributed by atoms with Gasteiger partial charge in [0.15, 0.2) is 0 Å². The summed E-state index contributed by atoms with van der Waals surface area (Å²) in [4.78, 5) is -1.52. The molecule has 40 heavy (non-hydrogen) atoms. The van der Waals surface area contributed by atoms with E-state index in [0.717, 1.165) is 12.1 Å². The molecule has 2 aromatic carbocycles. The first kappa shape index (κ1) is 29.8. The molecule has 1 atom stereocenters. The lowest BCUT2D eigenvalue weighted by Crippen LogP contribution is -2.47. The first-order valence-corrected chi connectivity index (χ1v) is 16.3. The average Bonchev–Trinajstić information content (AvgIpc) is 2.87. The van der Waals surface area contributed by atoms with Gasteiger partial charge in [-0.15, -0.1) is 0 Å². The number of allylic oxidation sites excluding steroid dienone is 7. The zero-order valence-corrected chi connectivity index (χ0v) is 24.0. The Morgan fingerprint density at radius 2 is 1.57 bits per heavy atom. The molecule has 0 amide bonds. The van der Waals surface area contributed by atoms with E-state index in [1.807, 2.05) is 0 Å². The predicted molar refractivity (Wildman–Crippen MR) is 151 cm³/mol. The summed E-state index contributed by atoms with van der Waals surface area (Å²) < 4.78 is 95.6. The zero-order chi connectivity index (χ0) is 29.7. The first-order valence-electron chi connectivity index (χ1n) is 11.9. The molecule has 1 unspecified atom stereocenters. The van der Waals surface area contributed by atoms with Gasteiger partial charge in [0.25, 0.3) is 20.2 Å². The third-order valence-electron chi connectivity index (χ3n) is 6.61. The maximum atomic E-state index is 13.8. The molecule has 0 bridgehead atoms. The number of hydrogen-bond donors (Lipinski definition) is 4. The van der Waals surface area contributed by atoms with Gasteiger partial charge in [-0.1, -0.05) is 48.1 Å². The van der Waals surface area contributed by atoms with Gasteiger partial charge in [0, 0.05) is 17.9 Å². The molecule has 13 heteroatoms. The van der Waals surface area contributed by atoms with Crippen LogP contribution in [0.25, 0.3) is 5.57 Å². The molecule has 6 N–H and O–H groups in total. The quantitative estimate of drug-likeness (QED) is 0.280. The van der Waals surface area contributed by atoms with Crippen molar-refractivity contribution >= 4 is 35.6 Å². The van der Waals surface area contributed by atoms with Gasteiger partial charge in [-0.3, -0.25) is 9.11 Å². The minimum Gasteiger partial charge on any atom is -0.310 e. The van der Waals surface area contributed by atoms with E-state index in [-0.39, 0.29) is 21.8 Å². The van der Waals surface area contributed by atoms with Gasteiger partial charge in [0.05, 0.1) is 25.3 Å². The number of hydrogen-bond acceptors (Lipinski definition) is 8. The molecule has 4 rings (SSSR count). The standard InChI is InChI=1S/C27H28N2O8S3/c1-17(2)24-15-20(39(32,33)34)8-9-22(24)23-10-7-19(16-26(23)40(35,36)37)38(30,31)25-6-4-3-5-21(25)18-11-13-27(28,29)14-12-18/h3-13,15-16,22H,14,28-29H2,1-2H3,(H,32,33,34)(H,35,36,37). The van der Waals surface area contributed by atoms with Gasteiger partial charge in [-0.25, -0.2) is 8.42 Å². The van der Waals surface area contributed by atoms with Crippen LogP contribution in [-0.4, -0.2) is 40.0 Å². The lowest BCUT2D eigenvalue weighted by atomic mass is 9.85. The third kappa shape index (κ3) is 5.95. The molecule has 0 fully saturated rings. The van der Waals surface area contributed by atoms with Gasteiger partial charge in [-0.05, 0) is 67.0 Å². The van der Waals surface area contributed by atoms with Crippen molar-refractivity contribution in [2.45, 2.75) is 46.5 Å². The van der Waals surface area contributed by atoms with Gasteiger partial charge in [-0.2, -0.15) is 16.8 Å². The molecular weight excluding hydrogens is 577 g/mol. The average molecular weight is 605 g/mol. The van der Waals surface area contributed by atoms with Crippen molar-refractivity contribution in [1.29, 1.82) is 0 Å². The topological polar surface area (TPSA) is 195 Å². The normalized spacial score (nSPS) is 19.2. The Bertz CT molecular complexity index is 1880. The van der Waals surface area contributed by atoms with Crippen LogP contribution >= 0.6 is 0 Å². The van der Waals surface area contributed by atoms with E-state index in [1.54, 1.807) is 44.2 Å². The predicted octanol–water partition coefficient (Wildman–Crippen LogP) is 3.48. The number of benzene rings is 2. The molecule has 2 aliphatic carbocycles. The zero-order valence-electron chi connectivity index (χ0n) is 21.5. The molecule has 0 aliphatic heterocycles. The molecule has 2 aliphatic rings. The Kier molecular flexibility index (Phi) is 7.71. The highest BCUT2D eigenvalue weighted by atomic mass is 32.2. The van der Waals surface area contributed by atoms with Crippen LogP contribution in [0.15, 0.2) is 110 Å². The van der Waals surface area contributed by atoms with Crippen LogP contribution in [-0.2, 0) is 30.1 Å². The fourth-order valence-electron chi connectivity index (χ4n) is 4.57. The minimum atomic E-state index is -4.94. The second kappa shape index (κ2) is 10.3. The van der Waals surface area contributed by atoms with Gasteiger partial charge in [0.1, 0.15) is 0 Å². The second-order valence-electron chi connectivity index (χ2n) is 9.80. The Morgan fingerprint density at radius 3 is 2.15 bits per heavy atom. The minimum absolute atomic E-state index is 0.0213. The van der Waals surface area contributed by atoms with Crippen molar-refractivity contribution in [3.8, 4) is 0 Å². The van der Waals surface area contributed by atoms with E-state index in [0.29, 0.717) is 22.3 Å². The first-order chi connectivity index (χ1) is 18.4. The Labute approximate surface area is 233 Å². The summed E-state index contributed by atoms with van der Waals surface area (Å²) in [7, 11) is -13.8. The molecular formula is C27H28N2O8S3. The highest BCUT2D eigenvalue weighted by molar-refractivity contribution is 7.91. The second-order valence-corrected chi connectivity index (χ2v) is 14.5. The molecule has 2 aromatic rings. The summed E-state index contributed by atoms with van der Waals surface area (Å²) in [5, 5.41) is 0. The lowest BCUT2D eigenvalue weighted by Gasteiger charge is -2.24. The van der Waals surface area contributed by atoms with Crippen LogP contribution in [0.4, 0.5) is 0 Å². The fraction of sp³-hybridized carbons (Fsp3) is 0.185. The number of nitrogens with two attached hydrogens (primary N) is 2. The fourth-order valence-corrected chi connectivity index (χ4v) is 7.45. The summed E-state index contributed by atoms with van der Waals surface area (Å²) in [6.45, 7) is 3.33. The molecule has 10 nitrogen and oxygen atoms in total. The summed E-state index contributed by atoms with van der Waals surface area (Å²) in [5.74, 6) is -0.859. The number of sulfone groups is 1. The highest BCUT2D eigenvalue weighted by Gasteiger charge is 2.31. The summed E-state index contributed by atoms with van der Waals surface area (Å²) >= 11 is 0. The Balaban J connectivity index is 1.86. The maximum absolute atomic E-state index is 13.8. The van der Waals surface area contributed by atoms with Gasteiger partial charge < -0.3 is 11.5 Å². The van der Waals surface area contributed by atoms with Crippen molar-refractivity contribution in [2.24, 2.45) is 11.5 Å². The van der Waals surface area contributed by atoms with Crippen molar-refractivity contribution in [3.63, 3.8) is 0 Å². The van der Waals surface area contributed by atoms with Crippen molar-refractivity contribution in [2.75, 3.05) is 0 Å². The lowest BCUT2D eigenvalue weighted by molar-refractivity contribution is 0.481. The molecule has 0 saturated heterocycles. The van der Waals surface area contributed by atoms with E-state index in [9.17, 15) is 34.4 Å². The third-order valence-corrected chi connectivity index (χ3v) is 10.2. The van der Waals surface area contributed by atoms with Crippen LogP contribution in [0.5, 0.6) is 0 Å². The monoisotopic (exact) mass is 604 g/mol. The van der Waals surface area contributed by atoms with Crippen LogP contribution in [0.3, 0.4) is 0 Å². The van der Waals surface area contributed by atoms with Crippen LogP contribution in [0.1, 0.15) is 37.3 Å². The van der Waals surface area contributed by atoms with Crippen molar-refractivity contribution < 1.29 is 34.4 Å². The molecule has 0 saturated carbocycles. The van der Waals surface area contributed by atoms with E-state index in [1.165, 1.54) is 36.4 Å². The smallest absolute Gasteiger partial charge is 0.294 e. The Morgan fingerprint density at radius 1 is 0.900 bits per heavy atom. The van der Waals surface area contributed by atoms with Crippen LogP contribution in [0, 0.1) is 0 Å². The van der Waals surface area contributed by atoms with Crippen LogP contribution in [0.2, 0.25) is 0 Å². The molecule has 0 heterocycles. The van der Waals surface area contributed by atoms with Gasteiger partial charge in [0.2, 0.25) is 9.84 Å². The number of rotatable bonds is 6. The van der Waals surface area contributed by atoms with E-state index in [2.05, 4.69) is 0 Å². The van der Waals surface area contributed by atoms with E-state index in [4.69, 9.17) is 11.5 Å². The van der Waals surface area contributed by atoms with E-state index >= 15 is 0 Å². The van der Waals surface area contributed by atoms with Crippen molar-refractivity contribution in [1.82, 2.24) is 0 Å². The Hall–Kier alpha value is -3.17. The SMILES string of the molecule is CC(C)=C1C=C(S(=O)(=O)O)C=CC1c1ccc(S(=O)(=O)c2ccccc2C2=CCC(N)(N)C=C2)cc1S(=O)(=O)O.